The van der Waals surface area contributed by atoms with Crippen molar-refractivity contribution in [2.24, 2.45) is 23.5 Å². The van der Waals surface area contributed by atoms with Crippen molar-refractivity contribution in [2.45, 2.75) is 25.7 Å². The first kappa shape index (κ1) is 5.72. The van der Waals surface area contributed by atoms with Crippen LogP contribution in [0.4, 0.5) is 0 Å². The van der Waals surface area contributed by atoms with Gasteiger partial charge in [0.05, 0.1) is 0 Å². The van der Waals surface area contributed by atoms with Crippen LogP contribution in [0.5, 0.6) is 0 Å². The van der Waals surface area contributed by atoms with E-state index in [1.165, 1.54) is 25.7 Å². The van der Waals surface area contributed by atoms with Crippen LogP contribution >= 0.6 is 0 Å². The molecule has 0 aromatic heterocycles. The molecule has 3 atom stereocenters. The quantitative estimate of drug-likeness (QED) is 0.563. The van der Waals surface area contributed by atoms with Crippen molar-refractivity contribution < 1.29 is 0 Å². The highest BCUT2D eigenvalue weighted by Crippen LogP contribution is 2.50. The Hall–Kier alpha value is -0.0400. The molecule has 2 aliphatic rings. The van der Waals surface area contributed by atoms with Crippen molar-refractivity contribution in [3.05, 3.63) is 0 Å². The Bertz CT molecular complexity index is 111. The van der Waals surface area contributed by atoms with E-state index in [4.69, 9.17) is 5.73 Å². The van der Waals surface area contributed by atoms with Gasteiger partial charge in [0.2, 0.25) is 0 Å². The molecule has 3 unspecified atom stereocenters. The maximum absolute atomic E-state index is 5.59. The van der Waals surface area contributed by atoms with Gasteiger partial charge in [0, 0.05) is 0 Å². The molecule has 0 bridgehead atoms. The Kier molecular flexibility index (Phi) is 1.26. The molecule has 0 heterocycles. The van der Waals surface area contributed by atoms with Gasteiger partial charge in [-0.3, -0.25) is 0 Å². The fraction of sp³-hybridized carbons (Fsp3) is 1.00. The molecule has 0 saturated heterocycles. The fourth-order valence-corrected chi connectivity index (χ4v) is 2.62. The van der Waals surface area contributed by atoms with Gasteiger partial charge in [0.15, 0.2) is 0 Å². The molecule has 2 saturated carbocycles. The minimum Gasteiger partial charge on any atom is -0.330 e. The zero-order valence-electron chi connectivity index (χ0n) is 5.84. The lowest BCUT2D eigenvalue weighted by molar-refractivity contribution is 0.111. The minimum atomic E-state index is 0.914. The predicted octanol–water partition coefficient (Wildman–Crippen LogP) is 1.38. The Morgan fingerprint density at radius 3 is 2.89 bits per heavy atom. The molecular formula is C8H15N. The second-order valence-corrected chi connectivity index (χ2v) is 3.59. The van der Waals surface area contributed by atoms with Gasteiger partial charge in [-0.05, 0) is 37.1 Å². The van der Waals surface area contributed by atoms with Crippen LogP contribution in [0.15, 0.2) is 0 Å². The topological polar surface area (TPSA) is 26.0 Å². The Morgan fingerprint density at radius 2 is 2.22 bits per heavy atom. The Morgan fingerprint density at radius 1 is 1.33 bits per heavy atom. The highest BCUT2D eigenvalue weighted by molar-refractivity contribution is 4.93. The molecule has 2 N–H and O–H groups in total. The molecular weight excluding hydrogens is 110 g/mol. The van der Waals surface area contributed by atoms with E-state index in [9.17, 15) is 0 Å². The van der Waals surface area contributed by atoms with Crippen molar-refractivity contribution in [1.29, 1.82) is 0 Å². The van der Waals surface area contributed by atoms with Crippen LogP contribution in [0.3, 0.4) is 0 Å². The van der Waals surface area contributed by atoms with Crippen LogP contribution in [0.1, 0.15) is 25.7 Å². The third kappa shape index (κ3) is 0.710. The third-order valence-corrected chi connectivity index (χ3v) is 3.23. The molecule has 0 amide bonds. The molecule has 1 nitrogen and oxygen atoms in total. The van der Waals surface area contributed by atoms with Crippen LogP contribution in [0, 0.1) is 17.8 Å². The van der Waals surface area contributed by atoms with Crippen molar-refractivity contribution in [3.8, 4) is 0 Å². The molecule has 0 aromatic rings. The molecule has 0 aromatic carbocycles. The van der Waals surface area contributed by atoms with E-state index >= 15 is 0 Å². The maximum atomic E-state index is 5.59. The molecule has 2 aliphatic carbocycles. The standard InChI is InChI=1S/C8H15N/c9-5-7-4-6-2-1-3-8(6)7/h6-8H,1-5,9H2. The van der Waals surface area contributed by atoms with Crippen molar-refractivity contribution >= 4 is 0 Å². The zero-order valence-corrected chi connectivity index (χ0v) is 5.84. The van der Waals surface area contributed by atoms with E-state index in [-0.39, 0.29) is 0 Å². The second kappa shape index (κ2) is 1.98. The van der Waals surface area contributed by atoms with Crippen molar-refractivity contribution in [2.75, 3.05) is 6.54 Å². The summed E-state index contributed by atoms with van der Waals surface area (Å²) in [4.78, 5) is 0. The molecule has 0 radical (unpaired) electrons. The summed E-state index contributed by atoms with van der Waals surface area (Å²) in [7, 11) is 0. The van der Waals surface area contributed by atoms with Gasteiger partial charge < -0.3 is 5.73 Å². The normalized spacial score (nSPS) is 48.3. The van der Waals surface area contributed by atoms with E-state index in [1.54, 1.807) is 0 Å². The average Bonchev–Trinajstić information content (AvgIpc) is 2.14. The summed E-state index contributed by atoms with van der Waals surface area (Å²) in [6.45, 7) is 0.946. The van der Waals surface area contributed by atoms with E-state index in [2.05, 4.69) is 0 Å². The minimum absolute atomic E-state index is 0.914. The summed E-state index contributed by atoms with van der Waals surface area (Å²) in [5.41, 5.74) is 5.59. The Labute approximate surface area is 56.6 Å². The number of rotatable bonds is 1. The summed E-state index contributed by atoms with van der Waals surface area (Å²) < 4.78 is 0. The summed E-state index contributed by atoms with van der Waals surface area (Å²) in [5, 5.41) is 0. The number of hydrogen-bond acceptors (Lipinski definition) is 1. The molecule has 2 rings (SSSR count). The molecule has 9 heavy (non-hydrogen) atoms. The molecule has 0 aliphatic heterocycles. The van der Waals surface area contributed by atoms with Gasteiger partial charge in [-0.15, -0.1) is 0 Å². The lowest BCUT2D eigenvalue weighted by Crippen LogP contribution is -2.37. The fourth-order valence-electron chi connectivity index (χ4n) is 2.62. The average molecular weight is 125 g/mol. The first-order valence-corrected chi connectivity index (χ1v) is 4.12. The lowest BCUT2D eigenvalue weighted by atomic mass is 9.67. The molecule has 1 heteroatoms. The largest absolute Gasteiger partial charge is 0.330 e. The summed E-state index contributed by atoms with van der Waals surface area (Å²) >= 11 is 0. The molecule has 0 spiro atoms. The molecule has 52 valence electrons. The van der Waals surface area contributed by atoms with E-state index in [0.717, 1.165) is 24.3 Å². The zero-order chi connectivity index (χ0) is 6.27. The van der Waals surface area contributed by atoms with Crippen LogP contribution in [0.25, 0.3) is 0 Å². The highest BCUT2D eigenvalue weighted by atomic mass is 14.6. The van der Waals surface area contributed by atoms with E-state index in [0.29, 0.717) is 0 Å². The van der Waals surface area contributed by atoms with Gasteiger partial charge in [0.1, 0.15) is 0 Å². The van der Waals surface area contributed by atoms with Crippen molar-refractivity contribution in [1.82, 2.24) is 0 Å². The first-order valence-electron chi connectivity index (χ1n) is 4.12. The van der Waals surface area contributed by atoms with Crippen molar-refractivity contribution in [3.63, 3.8) is 0 Å². The highest BCUT2D eigenvalue weighted by Gasteiger charge is 2.42. The summed E-state index contributed by atoms with van der Waals surface area (Å²) in [6.07, 6.45) is 5.90. The first-order chi connectivity index (χ1) is 4.42. The maximum Gasteiger partial charge on any atom is -0.00460 e. The SMILES string of the molecule is NCC1CC2CCCC12. The summed E-state index contributed by atoms with van der Waals surface area (Å²) in [6, 6.07) is 0. The number of nitrogens with two attached hydrogens (primary N) is 1. The number of fused-ring (bicyclic) bond motifs is 1. The smallest absolute Gasteiger partial charge is 0.00460 e. The van der Waals surface area contributed by atoms with E-state index in [1.807, 2.05) is 0 Å². The van der Waals surface area contributed by atoms with Crippen LogP contribution < -0.4 is 5.73 Å². The predicted molar refractivity (Wildman–Crippen MR) is 38.0 cm³/mol. The molecule has 2 fully saturated rings. The third-order valence-electron chi connectivity index (χ3n) is 3.23. The second-order valence-electron chi connectivity index (χ2n) is 3.59. The van der Waals surface area contributed by atoms with Gasteiger partial charge in [0.25, 0.3) is 0 Å². The van der Waals surface area contributed by atoms with Gasteiger partial charge in [-0.2, -0.15) is 0 Å². The van der Waals surface area contributed by atoms with E-state index < -0.39 is 0 Å². The number of hydrogen-bond donors (Lipinski definition) is 1. The summed E-state index contributed by atoms with van der Waals surface area (Å²) in [5.74, 6) is 3.06. The van der Waals surface area contributed by atoms with Gasteiger partial charge in [-0.1, -0.05) is 12.8 Å². The van der Waals surface area contributed by atoms with Crippen LogP contribution in [-0.2, 0) is 0 Å². The monoisotopic (exact) mass is 125 g/mol. The van der Waals surface area contributed by atoms with Crippen LogP contribution in [0.2, 0.25) is 0 Å². The van der Waals surface area contributed by atoms with Gasteiger partial charge in [-0.25, -0.2) is 0 Å². The Balaban J connectivity index is 1.93. The van der Waals surface area contributed by atoms with Crippen LogP contribution in [-0.4, -0.2) is 6.54 Å². The lowest BCUT2D eigenvalue weighted by Gasteiger charge is -2.39. The van der Waals surface area contributed by atoms with Gasteiger partial charge >= 0.3 is 0 Å².